The second kappa shape index (κ2) is 5.31. The molecule has 2 aliphatic rings. The molecule has 0 spiro atoms. The molecule has 0 aliphatic carbocycles. The second-order valence-electron chi connectivity index (χ2n) is 5.76. The van der Waals surface area contributed by atoms with Gasteiger partial charge in [-0.15, -0.1) is 11.3 Å². The summed E-state index contributed by atoms with van der Waals surface area (Å²) < 4.78 is 5.48. The molecule has 2 aromatic heterocycles. The first-order valence-corrected chi connectivity index (χ1v) is 8.22. The molecule has 0 aromatic carbocycles. The third-order valence-electron chi connectivity index (χ3n) is 4.48. The second-order valence-corrected chi connectivity index (χ2v) is 6.71. The summed E-state index contributed by atoms with van der Waals surface area (Å²) in [4.78, 5) is 3.73. The topological polar surface area (TPSA) is 41.3 Å². The zero-order valence-corrected chi connectivity index (χ0v) is 12.2. The minimum absolute atomic E-state index is 0.686. The molecule has 2 saturated heterocycles. The molecule has 4 rings (SSSR count). The van der Waals surface area contributed by atoms with Gasteiger partial charge in [-0.1, -0.05) is 11.2 Å². The van der Waals surface area contributed by atoms with E-state index in [1.54, 1.807) is 11.3 Å². The fourth-order valence-electron chi connectivity index (χ4n) is 3.49. The van der Waals surface area contributed by atoms with Gasteiger partial charge in [-0.3, -0.25) is 4.90 Å². The van der Waals surface area contributed by atoms with Crippen molar-refractivity contribution in [2.75, 3.05) is 19.6 Å². The van der Waals surface area contributed by atoms with Crippen LogP contribution in [0.15, 0.2) is 28.1 Å². The van der Waals surface area contributed by atoms with Gasteiger partial charge in [0.1, 0.15) is 0 Å². The number of thiophene rings is 1. The van der Waals surface area contributed by atoms with Gasteiger partial charge in [0, 0.05) is 25.2 Å². The number of piperidine rings is 1. The Morgan fingerprint density at radius 2 is 2.45 bits per heavy atom. The third-order valence-corrected chi connectivity index (χ3v) is 5.37. The summed E-state index contributed by atoms with van der Waals surface area (Å²) in [6.07, 6.45) is 2.67. The Labute approximate surface area is 122 Å². The van der Waals surface area contributed by atoms with Gasteiger partial charge in [0.15, 0.2) is 5.76 Å². The number of fused-ring (bicyclic) bond motifs is 1. The van der Waals surface area contributed by atoms with Gasteiger partial charge in [-0.05, 0) is 43.3 Å². The molecule has 5 heteroatoms. The van der Waals surface area contributed by atoms with E-state index in [0.29, 0.717) is 6.04 Å². The Morgan fingerprint density at radius 3 is 3.35 bits per heavy atom. The predicted molar refractivity (Wildman–Crippen MR) is 79.6 cm³/mol. The number of rotatable bonds is 3. The molecule has 106 valence electrons. The van der Waals surface area contributed by atoms with Crippen LogP contribution in [0.1, 0.15) is 18.5 Å². The van der Waals surface area contributed by atoms with Crippen LogP contribution in [0.5, 0.6) is 0 Å². The molecule has 1 N–H and O–H groups in total. The fraction of sp³-hybridized carbons (Fsp3) is 0.533. The summed E-state index contributed by atoms with van der Waals surface area (Å²) in [5.41, 5.74) is 1.06. The Morgan fingerprint density at radius 1 is 1.45 bits per heavy atom. The molecular weight excluding hydrogens is 270 g/mol. The monoisotopic (exact) mass is 289 g/mol. The number of hydrogen-bond acceptors (Lipinski definition) is 5. The summed E-state index contributed by atoms with van der Waals surface area (Å²) in [6, 6.07) is 6.90. The average molecular weight is 289 g/mol. The van der Waals surface area contributed by atoms with E-state index in [1.807, 2.05) is 6.07 Å². The van der Waals surface area contributed by atoms with Crippen molar-refractivity contribution in [1.82, 2.24) is 15.4 Å². The molecule has 2 unspecified atom stereocenters. The molecule has 2 atom stereocenters. The van der Waals surface area contributed by atoms with Gasteiger partial charge in [0.25, 0.3) is 0 Å². The molecule has 0 radical (unpaired) electrons. The molecule has 2 aromatic rings. The SMILES string of the molecule is c1csc(-c2cc(CN3CCCC4CNCC43)no2)c1. The fourth-order valence-corrected chi connectivity index (χ4v) is 4.16. The maximum Gasteiger partial charge on any atom is 0.177 e. The first kappa shape index (κ1) is 12.6. The quantitative estimate of drug-likeness (QED) is 0.943. The van der Waals surface area contributed by atoms with Crippen LogP contribution >= 0.6 is 11.3 Å². The van der Waals surface area contributed by atoms with E-state index in [9.17, 15) is 0 Å². The van der Waals surface area contributed by atoms with Gasteiger partial charge in [0.05, 0.1) is 10.6 Å². The molecule has 4 nitrogen and oxygen atoms in total. The predicted octanol–water partition coefficient (Wildman–Crippen LogP) is 2.59. The maximum absolute atomic E-state index is 5.48. The van der Waals surface area contributed by atoms with Crippen LogP contribution in [0, 0.1) is 5.92 Å². The van der Waals surface area contributed by atoms with Gasteiger partial charge in [0.2, 0.25) is 0 Å². The van der Waals surface area contributed by atoms with Crippen LogP contribution in [0.3, 0.4) is 0 Å². The van der Waals surface area contributed by atoms with Crippen molar-refractivity contribution in [3.05, 3.63) is 29.3 Å². The minimum Gasteiger partial charge on any atom is -0.355 e. The van der Waals surface area contributed by atoms with Crippen molar-refractivity contribution >= 4 is 11.3 Å². The zero-order chi connectivity index (χ0) is 13.4. The summed E-state index contributed by atoms with van der Waals surface area (Å²) in [5.74, 6) is 1.72. The lowest BCUT2D eigenvalue weighted by atomic mass is 9.92. The first-order valence-electron chi connectivity index (χ1n) is 7.34. The zero-order valence-electron chi connectivity index (χ0n) is 11.4. The molecule has 0 bridgehead atoms. The van der Waals surface area contributed by atoms with Crippen molar-refractivity contribution in [1.29, 1.82) is 0 Å². The number of likely N-dealkylation sites (tertiary alicyclic amines) is 1. The van der Waals surface area contributed by atoms with E-state index in [4.69, 9.17) is 4.52 Å². The van der Waals surface area contributed by atoms with Crippen molar-refractivity contribution in [2.45, 2.75) is 25.4 Å². The Kier molecular flexibility index (Phi) is 3.34. The van der Waals surface area contributed by atoms with Crippen molar-refractivity contribution < 1.29 is 4.52 Å². The van der Waals surface area contributed by atoms with Crippen molar-refractivity contribution in [2.24, 2.45) is 5.92 Å². The standard InChI is InChI=1S/C15H19N3OS/c1-3-11-8-16-9-13(11)18(5-1)10-12-7-14(19-17-12)15-4-2-6-20-15/h2,4,6-7,11,13,16H,1,3,5,8-10H2. The number of aromatic nitrogens is 1. The minimum atomic E-state index is 0.686. The molecule has 20 heavy (non-hydrogen) atoms. The van der Waals surface area contributed by atoms with Crippen molar-refractivity contribution in [3.63, 3.8) is 0 Å². The highest BCUT2D eigenvalue weighted by atomic mass is 32.1. The van der Waals surface area contributed by atoms with Crippen LogP contribution in [0.2, 0.25) is 0 Å². The lowest BCUT2D eigenvalue weighted by Gasteiger charge is -2.36. The normalized spacial score (nSPS) is 26.8. The van der Waals surface area contributed by atoms with Gasteiger partial charge >= 0.3 is 0 Å². The van der Waals surface area contributed by atoms with Crippen LogP contribution in [-0.2, 0) is 6.54 Å². The highest BCUT2D eigenvalue weighted by Crippen LogP contribution is 2.29. The summed E-state index contributed by atoms with van der Waals surface area (Å²) in [5, 5.41) is 9.84. The Balaban J connectivity index is 1.48. The van der Waals surface area contributed by atoms with Crippen LogP contribution in [-0.4, -0.2) is 35.7 Å². The summed E-state index contributed by atoms with van der Waals surface area (Å²) in [6.45, 7) is 4.41. The summed E-state index contributed by atoms with van der Waals surface area (Å²) >= 11 is 1.69. The van der Waals surface area contributed by atoms with E-state index in [2.05, 4.69) is 32.9 Å². The lowest BCUT2D eigenvalue weighted by Crippen LogP contribution is -2.44. The molecule has 2 aliphatic heterocycles. The molecule has 0 amide bonds. The average Bonchev–Trinajstić information content (AvgIpc) is 3.20. The highest BCUT2D eigenvalue weighted by molar-refractivity contribution is 7.13. The largest absolute Gasteiger partial charge is 0.355 e. The highest BCUT2D eigenvalue weighted by Gasteiger charge is 2.35. The molecular formula is C15H19N3OS. The maximum atomic E-state index is 5.48. The van der Waals surface area contributed by atoms with Gasteiger partial charge in [-0.25, -0.2) is 0 Å². The van der Waals surface area contributed by atoms with Crippen molar-refractivity contribution in [3.8, 4) is 10.6 Å². The Bertz CT molecular complexity index is 565. The molecule has 4 heterocycles. The van der Waals surface area contributed by atoms with E-state index in [-0.39, 0.29) is 0 Å². The summed E-state index contributed by atoms with van der Waals surface area (Å²) in [7, 11) is 0. The van der Waals surface area contributed by atoms with E-state index in [1.165, 1.54) is 25.9 Å². The number of hydrogen-bond donors (Lipinski definition) is 1. The van der Waals surface area contributed by atoms with E-state index in [0.717, 1.165) is 35.3 Å². The number of nitrogens with zero attached hydrogens (tertiary/aromatic N) is 2. The Hall–Kier alpha value is -1.17. The van der Waals surface area contributed by atoms with Gasteiger partial charge < -0.3 is 9.84 Å². The van der Waals surface area contributed by atoms with E-state index >= 15 is 0 Å². The lowest BCUT2D eigenvalue weighted by molar-refractivity contribution is 0.115. The smallest absolute Gasteiger partial charge is 0.177 e. The molecule has 0 saturated carbocycles. The first-order chi connectivity index (χ1) is 9.90. The van der Waals surface area contributed by atoms with E-state index < -0.39 is 0 Å². The van der Waals surface area contributed by atoms with Gasteiger partial charge in [-0.2, -0.15) is 0 Å². The van der Waals surface area contributed by atoms with Crippen LogP contribution in [0.4, 0.5) is 0 Å². The molecule has 2 fully saturated rings. The van der Waals surface area contributed by atoms with Crippen LogP contribution < -0.4 is 5.32 Å². The van der Waals surface area contributed by atoms with Crippen LogP contribution in [0.25, 0.3) is 10.6 Å². The third kappa shape index (κ3) is 2.30. The number of nitrogens with one attached hydrogen (secondary N) is 1.